The molecule has 4 rings (SSSR count). The first-order valence-electron chi connectivity index (χ1n) is 10.4. The van der Waals surface area contributed by atoms with E-state index in [1.54, 1.807) is 25.3 Å². The Hall–Kier alpha value is -3.02. The number of aryl methyl sites for hydroxylation is 1. The van der Waals surface area contributed by atoms with Crippen molar-refractivity contribution in [3.8, 4) is 17.2 Å². The molecule has 0 aliphatic carbocycles. The standard InChI is InChI=1S/C24H27NO5/c1-17-5-7-18(8-6-17)29-13-3-4-23(27)25-12-11-24(16-25)15-21(26)20-14-19(28-2)9-10-22(20)30-24/h5-10,14H,3-4,11-13,15-16H2,1-2H3. The van der Waals surface area contributed by atoms with Gasteiger partial charge in [-0.2, -0.15) is 0 Å². The molecule has 158 valence electrons. The number of nitrogens with zero attached hydrogens (tertiary/aromatic N) is 1. The van der Waals surface area contributed by atoms with Gasteiger partial charge in [-0.3, -0.25) is 9.59 Å². The van der Waals surface area contributed by atoms with Crippen LogP contribution in [0, 0.1) is 6.92 Å². The second-order valence-electron chi connectivity index (χ2n) is 8.08. The molecular formula is C24H27NO5. The monoisotopic (exact) mass is 409 g/mol. The average molecular weight is 409 g/mol. The van der Waals surface area contributed by atoms with E-state index < -0.39 is 5.60 Å². The molecule has 1 saturated heterocycles. The minimum atomic E-state index is -0.618. The zero-order valence-corrected chi connectivity index (χ0v) is 17.5. The molecule has 1 unspecified atom stereocenters. The van der Waals surface area contributed by atoms with Gasteiger partial charge in [0.05, 0.1) is 32.2 Å². The lowest BCUT2D eigenvalue weighted by molar-refractivity contribution is -0.131. The Balaban J connectivity index is 1.29. The Morgan fingerprint density at radius 1 is 1.17 bits per heavy atom. The molecular weight excluding hydrogens is 382 g/mol. The molecule has 6 heteroatoms. The summed E-state index contributed by atoms with van der Waals surface area (Å²) in [5, 5.41) is 0. The third kappa shape index (κ3) is 4.27. The topological polar surface area (TPSA) is 65.1 Å². The SMILES string of the molecule is COc1ccc2c(c1)C(=O)CC1(CCN(C(=O)CCCOc3ccc(C)cc3)C1)O2. The number of rotatable bonds is 6. The van der Waals surface area contributed by atoms with Crippen LogP contribution in [0.25, 0.3) is 0 Å². The maximum atomic E-state index is 12.7. The number of Topliss-reactive ketones (excluding diaryl/α,β-unsaturated/α-hetero) is 1. The fourth-order valence-electron chi connectivity index (χ4n) is 4.09. The molecule has 2 aliphatic rings. The van der Waals surface area contributed by atoms with E-state index in [-0.39, 0.29) is 18.1 Å². The highest BCUT2D eigenvalue weighted by Gasteiger charge is 2.46. The molecule has 0 bridgehead atoms. The van der Waals surface area contributed by atoms with E-state index in [4.69, 9.17) is 14.2 Å². The third-order valence-corrected chi connectivity index (χ3v) is 5.79. The first-order chi connectivity index (χ1) is 14.5. The third-order valence-electron chi connectivity index (χ3n) is 5.79. The highest BCUT2D eigenvalue weighted by Crippen LogP contribution is 2.40. The molecule has 2 aliphatic heterocycles. The van der Waals surface area contributed by atoms with Crippen molar-refractivity contribution in [2.75, 3.05) is 26.8 Å². The van der Waals surface area contributed by atoms with Gasteiger partial charge in [-0.1, -0.05) is 17.7 Å². The summed E-state index contributed by atoms with van der Waals surface area (Å²) in [6.07, 6.45) is 2.02. The lowest BCUT2D eigenvalue weighted by atomic mass is 9.89. The van der Waals surface area contributed by atoms with Crippen LogP contribution >= 0.6 is 0 Å². The van der Waals surface area contributed by atoms with E-state index in [1.165, 1.54) is 5.56 Å². The lowest BCUT2D eigenvalue weighted by Crippen LogP contribution is -2.45. The molecule has 2 heterocycles. The molecule has 1 amide bonds. The number of ether oxygens (including phenoxy) is 3. The Labute approximate surface area is 176 Å². The van der Waals surface area contributed by atoms with Gasteiger partial charge in [-0.05, 0) is 43.7 Å². The van der Waals surface area contributed by atoms with Crippen LogP contribution in [0.3, 0.4) is 0 Å². The number of hydrogen-bond donors (Lipinski definition) is 0. The van der Waals surface area contributed by atoms with Crippen molar-refractivity contribution in [3.05, 3.63) is 53.6 Å². The van der Waals surface area contributed by atoms with Crippen molar-refractivity contribution >= 4 is 11.7 Å². The maximum Gasteiger partial charge on any atom is 0.222 e. The lowest BCUT2D eigenvalue weighted by Gasteiger charge is -2.34. The van der Waals surface area contributed by atoms with Gasteiger partial charge in [0.1, 0.15) is 22.8 Å². The van der Waals surface area contributed by atoms with Crippen LogP contribution in [0.15, 0.2) is 42.5 Å². The number of carbonyl (C=O) groups is 2. The van der Waals surface area contributed by atoms with Crippen molar-refractivity contribution in [2.24, 2.45) is 0 Å². The van der Waals surface area contributed by atoms with Gasteiger partial charge < -0.3 is 19.1 Å². The molecule has 1 atom stereocenters. The summed E-state index contributed by atoms with van der Waals surface area (Å²) in [4.78, 5) is 27.2. The van der Waals surface area contributed by atoms with E-state index in [0.29, 0.717) is 56.0 Å². The van der Waals surface area contributed by atoms with Gasteiger partial charge in [0, 0.05) is 19.4 Å². The van der Waals surface area contributed by atoms with Gasteiger partial charge in [-0.15, -0.1) is 0 Å². The number of likely N-dealkylation sites (tertiary alicyclic amines) is 1. The fourth-order valence-corrected chi connectivity index (χ4v) is 4.09. The highest BCUT2D eigenvalue weighted by molar-refractivity contribution is 6.01. The smallest absolute Gasteiger partial charge is 0.222 e. The highest BCUT2D eigenvalue weighted by atomic mass is 16.5. The normalized spacial score (nSPS) is 20.1. The predicted octanol–water partition coefficient (Wildman–Crippen LogP) is 3.80. The summed E-state index contributed by atoms with van der Waals surface area (Å²) in [5.41, 5.74) is 1.12. The number of hydrogen-bond acceptors (Lipinski definition) is 5. The number of ketones is 1. The summed E-state index contributed by atoms with van der Waals surface area (Å²) in [5.74, 6) is 2.15. The van der Waals surface area contributed by atoms with Crippen LogP contribution in [-0.4, -0.2) is 49.0 Å². The first kappa shape index (κ1) is 20.3. The number of methoxy groups -OCH3 is 1. The number of amides is 1. The van der Waals surface area contributed by atoms with Gasteiger partial charge >= 0.3 is 0 Å². The van der Waals surface area contributed by atoms with Gasteiger partial charge in [0.2, 0.25) is 5.91 Å². The molecule has 2 aromatic carbocycles. The molecule has 0 aromatic heterocycles. The number of benzene rings is 2. The maximum absolute atomic E-state index is 12.7. The first-order valence-corrected chi connectivity index (χ1v) is 10.4. The Bertz CT molecular complexity index is 939. The van der Waals surface area contributed by atoms with Crippen LogP contribution in [0.4, 0.5) is 0 Å². The largest absolute Gasteiger partial charge is 0.497 e. The summed E-state index contributed by atoms with van der Waals surface area (Å²) < 4.78 is 17.1. The zero-order valence-electron chi connectivity index (χ0n) is 17.5. The summed E-state index contributed by atoms with van der Waals surface area (Å²) in [6, 6.07) is 13.2. The second kappa shape index (κ2) is 8.38. The summed E-state index contributed by atoms with van der Waals surface area (Å²) in [6.45, 7) is 3.58. The minimum Gasteiger partial charge on any atom is -0.497 e. The van der Waals surface area contributed by atoms with Crippen LogP contribution in [0.1, 0.15) is 41.6 Å². The summed E-state index contributed by atoms with van der Waals surface area (Å²) >= 11 is 0. The van der Waals surface area contributed by atoms with Gasteiger partial charge in [0.15, 0.2) is 5.78 Å². The fraction of sp³-hybridized carbons (Fsp3) is 0.417. The molecule has 30 heavy (non-hydrogen) atoms. The van der Waals surface area contributed by atoms with Gasteiger partial charge in [0.25, 0.3) is 0 Å². The Kier molecular flexibility index (Phi) is 5.66. The van der Waals surface area contributed by atoms with Crippen molar-refractivity contribution in [2.45, 2.75) is 38.2 Å². The molecule has 0 N–H and O–H groups in total. The predicted molar refractivity (Wildman–Crippen MR) is 112 cm³/mol. The van der Waals surface area contributed by atoms with Crippen LogP contribution in [0.5, 0.6) is 17.2 Å². The van der Waals surface area contributed by atoms with E-state index in [0.717, 1.165) is 5.75 Å². The molecule has 6 nitrogen and oxygen atoms in total. The van der Waals surface area contributed by atoms with Crippen LogP contribution in [0.2, 0.25) is 0 Å². The van der Waals surface area contributed by atoms with E-state index in [1.807, 2.05) is 36.1 Å². The number of fused-ring (bicyclic) bond motifs is 1. The Morgan fingerprint density at radius 2 is 1.93 bits per heavy atom. The molecule has 1 spiro atoms. The van der Waals surface area contributed by atoms with E-state index >= 15 is 0 Å². The van der Waals surface area contributed by atoms with Crippen LogP contribution in [-0.2, 0) is 4.79 Å². The quantitative estimate of drug-likeness (QED) is 0.679. The van der Waals surface area contributed by atoms with Crippen molar-refractivity contribution in [1.82, 2.24) is 4.90 Å². The van der Waals surface area contributed by atoms with E-state index in [2.05, 4.69) is 0 Å². The Morgan fingerprint density at radius 3 is 2.70 bits per heavy atom. The van der Waals surface area contributed by atoms with Crippen LogP contribution < -0.4 is 14.2 Å². The van der Waals surface area contributed by atoms with Crippen molar-refractivity contribution in [3.63, 3.8) is 0 Å². The van der Waals surface area contributed by atoms with E-state index in [9.17, 15) is 9.59 Å². The average Bonchev–Trinajstić information content (AvgIpc) is 3.15. The molecule has 0 radical (unpaired) electrons. The van der Waals surface area contributed by atoms with Gasteiger partial charge in [-0.25, -0.2) is 0 Å². The zero-order chi connectivity index (χ0) is 21.1. The number of carbonyl (C=O) groups excluding carboxylic acids is 2. The van der Waals surface area contributed by atoms with Crippen molar-refractivity contribution in [1.29, 1.82) is 0 Å². The van der Waals surface area contributed by atoms with Crippen molar-refractivity contribution < 1.29 is 23.8 Å². The molecule has 0 saturated carbocycles. The second-order valence-corrected chi connectivity index (χ2v) is 8.08. The molecule has 1 fully saturated rings. The summed E-state index contributed by atoms with van der Waals surface area (Å²) in [7, 11) is 1.57. The molecule has 2 aromatic rings. The minimum absolute atomic E-state index is 0.0379.